The lowest BCUT2D eigenvalue weighted by molar-refractivity contribution is 0.298. The predicted octanol–water partition coefficient (Wildman–Crippen LogP) is 2.84. The van der Waals surface area contributed by atoms with E-state index in [9.17, 15) is 0 Å². The van der Waals surface area contributed by atoms with Gasteiger partial charge in [0.05, 0.1) is 0 Å². The van der Waals surface area contributed by atoms with Crippen molar-refractivity contribution in [3.8, 4) is 0 Å². The Morgan fingerprint density at radius 2 is 2.19 bits per heavy atom. The highest BCUT2D eigenvalue weighted by Crippen LogP contribution is 2.30. The van der Waals surface area contributed by atoms with Gasteiger partial charge >= 0.3 is 0 Å². The number of hydrogen-bond donors (Lipinski definition) is 1. The summed E-state index contributed by atoms with van der Waals surface area (Å²) in [5, 5.41) is 4.65. The van der Waals surface area contributed by atoms with Gasteiger partial charge in [-0.3, -0.25) is 0 Å². The molecule has 2 heterocycles. The molecule has 2 unspecified atom stereocenters. The van der Waals surface area contributed by atoms with E-state index in [1.54, 1.807) is 0 Å². The van der Waals surface area contributed by atoms with E-state index in [1.165, 1.54) is 25.7 Å². The first-order chi connectivity index (χ1) is 10.2. The van der Waals surface area contributed by atoms with Crippen molar-refractivity contribution < 1.29 is 0 Å². The van der Waals surface area contributed by atoms with E-state index in [1.807, 2.05) is 22.8 Å². The van der Waals surface area contributed by atoms with Gasteiger partial charge < -0.3 is 10.6 Å². The van der Waals surface area contributed by atoms with Crippen LogP contribution in [0.2, 0.25) is 0 Å². The average molecular weight is 352 g/mol. The van der Waals surface area contributed by atoms with Gasteiger partial charge in [-0.05, 0) is 60.3 Å². The highest BCUT2D eigenvalue weighted by molar-refractivity contribution is 9.10. The van der Waals surface area contributed by atoms with Crippen molar-refractivity contribution in [1.29, 1.82) is 0 Å². The van der Waals surface area contributed by atoms with Crippen molar-refractivity contribution in [1.82, 2.24) is 14.6 Å². The molecule has 2 N–H and O–H groups in total. The number of nitrogens with zero attached hydrogens (tertiary/aromatic N) is 4. The average Bonchev–Trinajstić information content (AvgIpc) is 2.91. The Balaban J connectivity index is 1.93. The lowest BCUT2D eigenvalue weighted by Gasteiger charge is -2.38. The summed E-state index contributed by atoms with van der Waals surface area (Å²) in [4.78, 5) is 7.02. The summed E-state index contributed by atoms with van der Waals surface area (Å²) in [7, 11) is 0. The van der Waals surface area contributed by atoms with Gasteiger partial charge in [-0.2, -0.15) is 4.98 Å². The second kappa shape index (κ2) is 6.32. The van der Waals surface area contributed by atoms with Crippen molar-refractivity contribution in [2.24, 2.45) is 11.7 Å². The first-order valence-electron chi connectivity index (χ1n) is 7.71. The first-order valence-corrected chi connectivity index (χ1v) is 8.51. The SMILES string of the molecule is CCN(c1nc2ccc(Br)cn2n1)C1CCCCC1CN. The molecule has 0 spiro atoms. The largest absolute Gasteiger partial charge is 0.336 e. The first kappa shape index (κ1) is 14.8. The normalized spacial score (nSPS) is 22.6. The molecule has 5 nitrogen and oxygen atoms in total. The van der Waals surface area contributed by atoms with Gasteiger partial charge in [0.15, 0.2) is 5.65 Å². The molecule has 2 aromatic rings. The van der Waals surface area contributed by atoms with Crippen LogP contribution in [-0.2, 0) is 0 Å². The third-order valence-electron chi connectivity index (χ3n) is 4.45. The maximum Gasteiger partial charge on any atom is 0.245 e. The van der Waals surface area contributed by atoms with Crippen molar-refractivity contribution in [2.75, 3.05) is 18.0 Å². The van der Waals surface area contributed by atoms with Gasteiger partial charge in [0.2, 0.25) is 5.95 Å². The quantitative estimate of drug-likeness (QED) is 0.919. The summed E-state index contributed by atoms with van der Waals surface area (Å²) in [5.41, 5.74) is 6.86. The Kier molecular flexibility index (Phi) is 4.45. The third kappa shape index (κ3) is 2.92. The number of aromatic nitrogens is 3. The fourth-order valence-electron chi connectivity index (χ4n) is 3.37. The van der Waals surface area contributed by atoms with Crippen molar-refractivity contribution in [3.63, 3.8) is 0 Å². The molecule has 2 aromatic heterocycles. The smallest absolute Gasteiger partial charge is 0.245 e. The van der Waals surface area contributed by atoms with Gasteiger partial charge in [0, 0.05) is 23.3 Å². The molecule has 0 bridgehead atoms. The van der Waals surface area contributed by atoms with Crippen LogP contribution >= 0.6 is 15.9 Å². The number of pyridine rings is 1. The molecule has 1 saturated carbocycles. The minimum atomic E-state index is 0.467. The van der Waals surface area contributed by atoms with Crippen LogP contribution in [0, 0.1) is 5.92 Å². The zero-order chi connectivity index (χ0) is 14.8. The zero-order valence-corrected chi connectivity index (χ0v) is 14.0. The number of anilines is 1. The van der Waals surface area contributed by atoms with Crippen molar-refractivity contribution in [2.45, 2.75) is 38.6 Å². The van der Waals surface area contributed by atoms with E-state index >= 15 is 0 Å². The second-order valence-corrected chi connectivity index (χ2v) is 6.61. The molecule has 3 rings (SSSR count). The molecule has 1 aliphatic carbocycles. The molecule has 0 aromatic carbocycles. The van der Waals surface area contributed by atoms with E-state index in [4.69, 9.17) is 5.73 Å². The molecule has 21 heavy (non-hydrogen) atoms. The molecule has 2 atom stereocenters. The number of rotatable bonds is 4. The minimum Gasteiger partial charge on any atom is -0.336 e. The van der Waals surface area contributed by atoms with Crippen LogP contribution in [0.25, 0.3) is 5.65 Å². The lowest BCUT2D eigenvalue weighted by Crippen LogP contribution is -2.45. The molecule has 0 saturated heterocycles. The van der Waals surface area contributed by atoms with Crippen LogP contribution in [0.5, 0.6) is 0 Å². The highest BCUT2D eigenvalue weighted by Gasteiger charge is 2.30. The van der Waals surface area contributed by atoms with Gasteiger partial charge in [0.25, 0.3) is 0 Å². The molecule has 0 radical (unpaired) electrons. The summed E-state index contributed by atoms with van der Waals surface area (Å²) >= 11 is 3.47. The summed E-state index contributed by atoms with van der Waals surface area (Å²) in [5.74, 6) is 1.37. The Hall–Kier alpha value is -1.14. The number of hydrogen-bond acceptors (Lipinski definition) is 4. The maximum absolute atomic E-state index is 5.98. The van der Waals surface area contributed by atoms with Gasteiger partial charge in [-0.15, -0.1) is 5.10 Å². The summed E-state index contributed by atoms with van der Waals surface area (Å²) in [6.45, 7) is 3.84. The second-order valence-electron chi connectivity index (χ2n) is 5.70. The van der Waals surface area contributed by atoms with E-state index in [0.29, 0.717) is 12.0 Å². The van der Waals surface area contributed by atoms with Gasteiger partial charge in [0.1, 0.15) is 0 Å². The van der Waals surface area contributed by atoms with Crippen LogP contribution in [0.4, 0.5) is 5.95 Å². The van der Waals surface area contributed by atoms with Crippen LogP contribution in [0.15, 0.2) is 22.8 Å². The fourth-order valence-corrected chi connectivity index (χ4v) is 3.69. The summed E-state index contributed by atoms with van der Waals surface area (Å²) in [6.07, 6.45) is 6.92. The highest BCUT2D eigenvalue weighted by atomic mass is 79.9. The van der Waals surface area contributed by atoms with Crippen molar-refractivity contribution >= 4 is 27.5 Å². The van der Waals surface area contributed by atoms with Gasteiger partial charge in [-0.25, -0.2) is 4.52 Å². The third-order valence-corrected chi connectivity index (χ3v) is 4.92. The summed E-state index contributed by atoms with van der Waals surface area (Å²) in [6, 6.07) is 4.44. The fraction of sp³-hybridized carbons (Fsp3) is 0.600. The number of nitrogens with two attached hydrogens (primary N) is 1. The van der Waals surface area contributed by atoms with Crippen molar-refractivity contribution in [3.05, 3.63) is 22.8 Å². The zero-order valence-electron chi connectivity index (χ0n) is 12.4. The predicted molar refractivity (Wildman–Crippen MR) is 88.5 cm³/mol. The maximum atomic E-state index is 5.98. The molecule has 114 valence electrons. The molecule has 0 aliphatic heterocycles. The standard InChI is InChI=1S/C15H22BrN5/c1-2-20(13-6-4-3-5-11(13)9-17)15-18-14-8-7-12(16)10-21(14)19-15/h7-8,10-11,13H,2-6,9,17H2,1H3. The molecule has 1 aliphatic rings. The molecular weight excluding hydrogens is 330 g/mol. The van der Waals surface area contributed by atoms with E-state index in [-0.39, 0.29) is 0 Å². The topological polar surface area (TPSA) is 59.5 Å². The van der Waals surface area contributed by atoms with Crippen LogP contribution in [0.3, 0.4) is 0 Å². The number of halogens is 1. The van der Waals surface area contributed by atoms with E-state index < -0.39 is 0 Å². The monoisotopic (exact) mass is 351 g/mol. The summed E-state index contributed by atoms with van der Waals surface area (Å²) < 4.78 is 2.84. The Labute approximate surface area is 133 Å². The van der Waals surface area contributed by atoms with Gasteiger partial charge in [-0.1, -0.05) is 12.8 Å². The molecule has 6 heteroatoms. The Morgan fingerprint density at radius 1 is 1.38 bits per heavy atom. The Bertz CT molecular complexity index is 611. The van der Waals surface area contributed by atoms with Crippen LogP contribution in [-0.4, -0.2) is 33.7 Å². The minimum absolute atomic E-state index is 0.467. The Morgan fingerprint density at radius 3 is 2.95 bits per heavy atom. The van der Waals surface area contributed by atoms with Crippen LogP contribution < -0.4 is 10.6 Å². The van der Waals surface area contributed by atoms with E-state index in [2.05, 4.69) is 37.8 Å². The van der Waals surface area contributed by atoms with Crippen LogP contribution in [0.1, 0.15) is 32.6 Å². The van der Waals surface area contributed by atoms with E-state index in [0.717, 1.165) is 29.2 Å². The molecule has 1 fully saturated rings. The number of fused-ring (bicyclic) bond motifs is 1. The molecule has 0 amide bonds. The lowest BCUT2D eigenvalue weighted by atomic mass is 9.83. The molecular formula is C15H22BrN5.